The zero-order valence-corrected chi connectivity index (χ0v) is 13.9. The molecule has 22 heavy (non-hydrogen) atoms. The number of carboxylic acid groups (broad SMARTS) is 1. The minimum absolute atomic E-state index is 0.0176. The van der Waals surface area contributed by atoms with Crippen LogP contribution in [0.2, 0.25) is 0 Å². The standard InChI is InChI=1S/C18H28O4/c1-4-7-10-13-12-14(11-8-5-2)17(22-18(20)21)16(19)15(13)9-6-3/h12,19H,4-11H2,1-3H3,(H,20,21). The first-order valence-corrected chi connectivity index (χ1v) is 8.32. The minimum atomic E-state index is -1.38. The maximum absolute atomic E-state index is 10.9. The van der Waals surface area contributed by atoms with Crippen molar-refractivity contribution in [1.82, 2.24) is 0 Å². The molecule has 2 N–H and O–H groups in total. The van der Waals surface area contributed by atoms with Crippen molar-refractivity contribution in [2.24, 2.45) is 0 Å². The van der Waals surface area contributed by atoms with Gasteiger partial charge in [0.2, 0.25) is 0 Å². The van der Waals surface area contributed by atoms with Crippen molar-refractivity contribution in [3.05, 3.63) is 22.8 Å². The molecule has 1 aromatic carbocycles. The molecule has 4 heteroatoms. The first-order chi connectivity index (χ1) is 10.5. The van der Waals surface area contributed by atoms with Crippen molar-refractivity contribution in [2.75, 3.05) is 0 Å². The summed E-state index contributed by atoms with van der Waals surface area (Å²) in [5.74, 6) is 0.147. The SMILES string of the molecule is CCCCc1cc(CCCC)c(OC(=O)O)c(O)c1CCC. The molecule has 0 spiro atoms. The van der Waals surface area contributed by atoms with Crippen molar-refractivity contribution >= 4 is 6.16 Å². The van der Waals surface area contributed by atoms with Gasteiger partial charge in [-0.05, 0) is 43.2 Å². The van der Waals surface area contributed by atoms with Crippen LogP contribution in [0.3, 0.4) is 0 Å². The van der Waals surface area contributed by atoms with Gasteiger partial charge in [-0.2, -0.15) is 0 Å². The molecule has 0 heterocycles. The lowest BCUT2D eigenvalue weighted by molar-refractivity contribution is 0.142. The number of unbranched alkanes of at least 4 members (excludes halogenated alkanes) is 2. The molecule has 0 aliphatic rings. The third kappa shape index (κ3) is 4.93. The number of rotatable bonds is 9. The molecule has 124 valence electrons. The molecule has 0 saturated carbocycles. The van der Waals surface area contributed by atoms with Gasteiger partial charge in [0.15, 0.2) is 11.5 Å². The lowest BCUT2D eigenvalue weighted by atomic mass is 9.93. The Labute approximate surface area is 133 Å². The summed E-state index contributed by atoms with van der Waals surface area (Å²) in [7, 11) is 0. The van der Waals surface area contributed by atoms with E-state index in [0.29, 0.717) is 0 Å². The van der Waals surface area contributed by atoms with Crippen molar-refractivity contribution in [3.63, 3.8) is 0 Å². The molecule has 1 rings (SSSR count). The van der Waals surface area contributed by atoms with Gasteiger partial charge in [-0.1, -0.05) is 46.1 Å². The maximum atomic E-state index is 10.9. The molecule has 0 saturated heterocycles. The fourth-order valence-corrected chi connectivity index (χ4v) is 2.68. The van der Waals surface area contributed by atoms with Gasteiger partial charge >= 0.3 is 6.16 Å². The molecule has 0 bridgehead atoms. The van der Waals surface area contributed by atoms with Crippen molar-refractivity contribution in [1.29, 1.82) is 0 Å². The molecule has 0 radical (unpaired) electrons. The van der Waals surface area contributed by atoms with E-state index in [1.807, 2.05) is 13.0 Å². The van der Waals surface area contributed by atoms with Crippen molar-refractivity contribution < 1.29 is 19.7 Å². The van der Waals surface area contributed by atoms with Crippen LogP contribution in [0.4, 0.5) is 4.79 Å². The highest BCUT2D eigenvalue weighted by molar-refractivity contribution is 5.66. The number of benzene rings is 1. The van der Waals surface area contributed by atoms with Crippen LogP contribution >= 0.6 is 0 Å². The van der Waals surface area contributed by atoms with Crippen molar-refractivity contribution in [2.45, 2.75) is 72.1 Å². The molecule has 0 fully saturated rings. The number of ether oxygens (including phenoxy) is 1. The normalized spacial score (nSPS) is 10.7. The number of phenolic OH excluding ortho intramolecular Hbond substituents is 1. The Hall–Kier alpha value is -1.71. The topological polar surface area (TPSA) is 66.8 Å². The average Bonchev–Trinajstić information content (AvgIpc) is 2.48. The molecule has 0 aliphatic heterocycles. The third-order valence-electron chi connectivity index (χ3n) is 3.82. The summed E-state index contributed by atoms with van der Waals surface area (Å²) >= 11 is 0. The van der Waals surface area contributed by atoms with Crippen LogP contribution in [0.5, 0.6) is 11.5 Å². The van der Waals surface area contributed by atoms with Gasteiger partial charge in [0.25, 0.3) is 0 Å². The van der Waals surface area contributed by atoms with Crippen LogP contribution in [0, 0.1) is 0 Å². The molecule has 0 aliphatic carbocycles. The smallest absolute Gasteiger partial charge is 0.504 e. The highest BCUT2D eigenvalue weighted by Crippen LogP contribution is 2.38. The lowest BCUT2D eigenvalue weighted by Crippen LogP contribution is -2.08. The second-order valence-corrected chi connectivity index (χ2v) is 5.68. The van der Waals surface area contributed by atoms with E-state index in [9.17, 15) is 9.90 Å². The molecular weight excluding hydrogens is 280 g/mol. The van der Waals surface area contributed by atoms with E-state index < -0.39 is 6.16 Å². The number of phenols is 1. The summed E-state index contributed by atoms with van der Waals surface area (Å²) in [6.45, 7) is 6.27. The van der Waals surface area contributed by atoms with E-state index in [1.54, 1.807) is 0 Å². The summed E-state index contributed by atoms with van der Waals surface area (Å²) in [5, 5.41) is 19.5. The number of carbonyl (C=O) groups is 1. The summed E-state index contributed by atoms with van der Waals surface area (Å²) < 4.78 is 4.89. The Balaban J connectivity index is 3.31. The predicted octanol–water partition coefficient (Wildman–Crippen LogP) is 5.09. The Morgan fingerprint density at radius 2 is 1.59 bits per heavy atom. The number of aryl methyl sites for hydroxylation is 2. The molecule has 0 aromatic heterocycles. The summed E-state index contributed by atoms with van der Waals surface area (Å²) in [4.78, 5) is 10.9. The fraction of sp³-hybridized carbons (Fsp3) is 0.611. The minimum Gasteiger partial charge on any atom is -0.504 e. The molecule has 0 atom stereocenters. The number of hydrogen-bond acceptors (Lipinski definition) is 3. The van der Waals surface area contributed by atoms with Gasteiger partial charge in [-0.15, -0.1) is 0 Å². The van der Waals surface area contributed by atoms with E-state index in [1.165, 1.54) is 0 Å². The molecule has 0 unspecified atom stereocenters. The molecule has 4 nitrogen and oxygen atoms in total. The van der Waals surface area contributed by atoms with Gasteiger partial charge in [0.05, 0.1) is 0 Å². The summed E-state index contributed by atoms with van der Waals surface area (Å²) in [5.41, 5.74) is 2.77. The van der Waals surface area contributed by atoms with Crippen LogP contribution < -0.4 is 4.74 Å². The van der Waals surface area contributed by atoms with Gasteiger partial charge in [-0.25, -0.2) is 4.79 Å². The zero-order chi connectivity index (χ0) is 16.5. The first-order valence-electron chi connectivity index (χ1n) is 8.32. The largest absolute Gasteiger partial charge is 0.511 e. The first kappa shape index (κ1) is 18.3. The average molecular weight is 308 g/mol. The van der Waals surface area contributed by atoms with Crippen LogP contribution in [0.15, 0.2) is 6.07 Å². The van der Waals surface area contributed by atoms with Crippen molar-refractivity contribution in [3.8, 4) is 11.5 Å². The summed E-state index contributed by atoms with van der Waals surface area (Å²) in [6.07, 6.45) is 5.97. The monoisotopic (exact) mass is 308 g/mol. The Morgan fingerprint density at radius 3 is 2.09 bits per heavy atom. The Morgan fingerprint density at radius 1 is 1.00 bits per heavy atom. The van der Waals surface area contributed by atoms with Gasteiger partial charge < -0.3 is 14.9 Å². The van der Waals surface area contributed by atoms with Gasteiger partial charge in [-0.3, -0.25) is 0 Å². The van der Waals surface area contributed by atoms with E-state index in [-0.39, 0.29) is 11.5 Å². The van der Waals surface area contributed by atoms with Crippen LogP contribution in [-0.2, 0) is 19.3 Å². The second kappa shape index (κ2) is 9.34. The summed E-state index contributed by atoms with van der Waals surface area (Å²) in [6, 6.07) is 2.04. The Bertz CT molecular complexity index is 494. The molecular formula is C18H28O4. The van der Waals surface area contributed by atoms with Crippen LogP contribution in [0.25, 0.3) is 0 Å². The maximum Gasteiger partial charge on any atom is 0.511 e. The molecule has 1 aromatic rings. The molecule has 0 amide bonds. The van der Waals surface area contributed by atoms with Gasteiger partial charge in [0.1, 0.15) is 0 Å². The van der Waals surface area contributed by atoms with E-state index in [0.717, 1.165) is 68.1 Å². The number of hydrogen-bond donors (Lipinski definition) is 2. The fourth-order valence-electron chi connectivity index (χ4n) is 2.68. The quantitative estimate of drug-likeness (QED) is 0.493. The second-order valence-electron chi connectivity index (χ2n) is 5.68. The van der Waals surface area contributed by atoms with E-state index in [2.05, 4.69) is 13.8 Å². The lowest BCUT2D eigenvalue weighted by Gasteiger charge is -2.18. The van der Waals surface area contributed by atoms with Crippen LogP contribution in [-0.4, -0.2) is 16.4 Å². The zero-order valence-electron chi connectivity index (χ0n) is 13.9. The highest BCUT2D eigenvalue weighted by atomic mass is 16.7. The highest BCUT2D eigenvalue weighted by Gasteiger charge is 2.20. The number of aromatic hydroxyl groups is 1. The van der Waals surface area contributed by atoms with Gasteiger partial charge in [0, 0.05) is 5.56 Å². The van der Waals surface area contributed by atoms with E-state index in [4.69, 9.17) is 9.84 Å². The van der Waals surface area contributed by atoms with E-state index >= 15 is 0 Å². The Kier molecular flexibility index (Phi) is 7.78. The van der Waals surface area contributed by atoms with Crippen LogP contribution in [0.1, 0.15) is 69.6 Å². The third-order valence-corrected chi connectivity index (χ3v) is 3.82. The predicted molar refractivity (Wildman–Crippen MR) is 88.0 cm³/mol.